The quantitative estimate of drug-likeness (QED) is 0.731. The molecule has 0 fully saturated rings. The van der Waals surface area contributed by atoms with E-state index in [1.54, 1.807) is 24.4 Å². The lowest BCUT2D eigenvalue weighted by Crippen LogP contribution is -2.25. The van der Waals surface area contributed by atoms with Crippen molar-refractivity contribution in [1.29, 1.82) is 0 Å². The van der Waals surface area contributed by atoms with Gasteiger partial charge >= 0.3 is 0 Å². The number of carbonyl (C=O) groups is 1. The number of nitrogens with two attached hydrogens (primary N) is 1. The van der Waals surface area contributed by atoms with Gasteiger partial charge < -0.3 is 10.3 Å². The van der Waals surface area contributed by atoms with E-state index in [0.29, 0.717) is 24.4 Å². The van der Waals surface area contributed by atoms with Gasteiger partial charge in [0.05, 0.1) is 22.0 Å². The molecule has 2 heterocycles. The molecule has 0 saturated heterocycles. The summed E-state index contributed by atoms with van der Waals surface area (Å²) in [5.41, 5.74) is 8.06. The van der Waals surface area contributed by atoms with Crippen LogP contribution in [0, 0.1) is 5.82 Å². The molecular weight excluding hydrogens is 369 g/mol. The van der Waals surface area contributed by atoms with Gasteiger partial charge in [-0.25, -0.2) is 4.39 Å². The van der Waals surface area contributed by atoms with E-state index in [1.165, 1.54) is 22.8 Å². The Labute approximate surface area is 160 Å². The standard InChI is InChI=1S/C20H17ClFN3O2/c1-2-25-18(26)8-5-14(20(23)27)19(25)17-7-4-13(11-24-17)9-12-3-6-16(22)15(21)10-12/h3-8,10-11H,2,9H2,1H3,(H2,23,27). The van der Waals surface area contributed by atoms with Crippen molar-refractivity contribution in [3.05, 3.63) is 86.5 Å². The van der Waals surface area contributed by atoms with Crippen LogP contribution in [0.2, 0.25) is 5.02 Å². The van der Waals surface area contributed by atoms with Crippen LogP contribution in [0.25, 0.3) is 11.4 Å². The van der Waals surface area contributed by atoms with E-state index in [-0.39, 0.29) is 16.1 Å². The number of carbonyl (C=O) groups excluding carboxylic acids is 1. The van der Waals surface area contributed by atoms with Gasteiger partial charge in [-0.2, -0.15) is 0 Å². The number of amides is 1. The Kier molecular flexibility index (Phi) is 5.37. The lowest BCUT2D eigenvalue weighted by atomic mass is 10.0. The highest BCUT2D eigenvalue weighted by Crippen LogP contribution is 2.22. The highest BCUT2D eigenvalue weighted by molar-refractivity contribution is 6.30. The van der Waals surface area contributed by atoms with Gasteiger partial charge in [0, 0.05) is 18.8 Å². The first-order chi connectivity index (χ1) is 12.9. The second kappa shape index (κ2) is 7.72. The van der Waals surface area contributed by atoms with Gasteiger partial charge in [-0.1, -0.05) is 23.7 Å². The predicted octanol–water partition coefficient (Wildman–Crippen LogP) is 3.41. The maximum atomic E-state index is 13.3. The number of hydrogen-bond donors (Lipinski definition) is 1. The first-order valence-electron chi connectivity index (χ1n) is 8.33. The summed E-state index contributed by atoms with van der Waals surface area (Å²) in [6.45, 7) is 2.19. The molecule has 0 spiro atoms. The Bertz CT molecular complexity index is 1060. The fraction of sp³-hybridized carbons (Fsp3) is 0.150. The maximum Gasteiger partial charge on any atom is 0.251 e. The van der Waals surface area contributed by atoms with E-state index in [0.717, 1.165) is 11.1 Å². The van der Waals surface area contributed by atoms with Crippen molar-refractivity contribution in [2.45, 2.75) is 19.9 Å². The maximum absolute atomic E-state index is 13.3. The lowest BCUT2D eigenvalue weighted by molar-refractivity contribution is 0.1000. The molecular formula is C20H17ClFN3O2. The van der Waals surface area contributed by atoms with E-state index in [1.807, 2.05) is 13.0 Å². The Hall–Kier alpha value is -2.99. The Morgan fingerprint density at radius 2 is 1.93 bits per heavy atom. The number of halogens is 2. The molecule has 27 heavy (non-hydrogen) atoms. The van der Waals surface area contributed by atoms with E-state index in [9.17, 15) is 14.0 Å². The third-order valence-corrected chi connectivity index (χ3v) is 4.51. The highest BCUT2D eigenvalue weighted by atomic mass is 35.5. The number of benzene rings is 1. The summed E-state index contributed by atoms with van der Waals surface area (Å²) < 4.78 is 14.7. The van der Waals surface area contributed by atoms with E-state index < -0.39 is 11.7 Å². The second-order valence-electron chi connectivity index (χ2n) is 6.02. The van der Waals surface area contributed by atoms with Crippen LogP contribution in [0.3, 0.4) is 0 Å². The molecule has 5 nitrogen and oxygen atoms in total. The molecule has 3 aromatic rings. The Balaban J connectivity index is 1.98. The molecule has 2 aromatic heterocycles. The zero-order chi connectivity index (χ0) is 19.6. The summed E-state index contributed by atoms with van der Waals surface area (Å²) in [4.78, 5) is 28.3. The van der Waals surface area contributed by atoms with Gasteiger partial charge in [0.25, 0.3) is 11.5 Å². The van der Waals surface area contributed by atoms with E-state index in [4.69, 9.17) is 17.3 Å². The molecule has 0 aliphatic rings. The molecule has 1 aromatic carbocycles. The van der Waals surface area contributed by atoms with Crippen LogP contribution in [0.15, 0.2) is 53.5 Å². The summed E-state index contributed by atoms with van der Waals surface area (Å²) in [7, 11) is 0. The van der Waals surface area contributed by atoms with Crippen molar-refractivity contribution >= 4 is 17.5 Å². The first kappa shape index (κ1) is 18.8. The van der Waals surface area contributed by atoms with Gasteiger partial charge in [-0.3, -0.25) is 14.6 Å². The van der Waals surface area contributed by atoms with Gasteiger partial charge in [-0.05, 0) is 48.7 Å². The fourth-order valence-electron chi connectivity index (χ4n) is 2.92. The van der Waals surface area contributed by atoms with Gasteiger partial charge in [0.1, 0.15) is 5.82 Å². The van der Waals surface area contributed by atoms with Crippen LogP contribution in [0.5, 0.6) is 0 Å². The lowest BCUT2D eigenvalue weighted by Gasteiger charge is -2.14. The molecule has 138 valence electrons. The molecule has 2 N–H and O–H groups in total. The van der Waals surface area contributed by atoms with Crippen molar-refractivity contribution in [3.63, 3.8) is 0 Å². The highest BCUT2D eigenvalue weighted by Gasteiger charge is 2.16. The second-order valence-corrected chi connectivity index (χ2v) is 6.43. The molecule has 0 aliphatic carbocycles. The normalized spacial score (nSPS) is 10.8. The average molecular weight is 386 g/mol. The predicted molar refractivity (Wildman–Crippen MR) is 102 cm³/mol. The van der Waals surface area contributed by atoms with Crippen LogP contribution in [-0.2, 0) is 13.0 Å². The monoisotopic (exact) mass is 385 g/mol. The molecule has 7 heteroatoms. The van der Waals surface area contributed by atoms with Crippen LogP contribution in [-0.4, -0.2) is 15.5 Å². The summed E-state index contributed by atoms with van der Waals surface area (Å²) in [6, 6.07) is 10.9. The summed E-state index contributed by atoms with van der Waals surface area (Å²) in [5, 5.41) is 0.0689. The zero-order valence-electron chi connectivity index (χ0n) is 14.6. The minimum absolute atomic E-state index is 0.0689. The van der Waals surface area contributed by atoms with Crippen LogP contribution < -0.4 is 11.3 Å². The fourth-order valence-corrected chi connectivity index (χ4v) is 3.13. The number of rotatable bonds is 5. The number of pyridine rings is 2. The number of nitrogens with zero attached hydrogens (tertiary/aromatic N) is 2. The van der Waals surface area contributed by atoms with Crippen molar-refractivity contribution in [2.24, 2.45) is 5.73 Å². The van der Waals surface area contributed by atoms with Gasteiger partial charge in [0.15, 0.2) is 0 Å². The zero-order valence-corrected chi connectivity index (χ0v) is 15.3. The smallest absolute Gasteiger partial charge is 0.251 e. The Morgan fingerprint density at radius 1 is 1.19 bits per heavy atom. The Morgan fingerprint density at radius 3 is 2.52 bits per heavy atom. The number of hydrogen-bond acceptors (Lipinski definition) is 3. The van der Waals surface area contributed by atoms with E-state index in [2.05, 4.69) is 4.98 Å². The van der Waals surface area contributed by atoms with Crippen LogP contribution >= 0.6 is 11.6 Å². The van der Waals surface area contributed by atoms with Gasteiger partial charge in [-0.15, -0.1) is 0 Å². The molecule has 0 aliphatic heterocycles. The molecule has 0 unspecified atom stereocenters. The third kappa shape index (κ3) is 3.90. The first-order valence-corrected chi connectivity index (χ1v) is 8.71. The summed E-state index contributed by atoms with van der Waals surface area (Å²) in [6.07, 6.45) is 2.17. The molecule has 0 saturated carbocycles. The van der Waals surface area contributed by atoms with E-state index >= 15 is 0 Å². The molecule has 0 bridgehead atoms. The summed E-state index contributed by atoms with van der Waals surface area (Å²) in [5.74, 6) is -1.09. The number of aromatic nitrogens is 2. The SMILES string of the molecule is CCn1c(-c2ccc(Cc3ccc(F)c(Cl)c3)cn2)c(C(N)=O)ccc1=O. The number of primary amides is 1. The van der Waals surface area contributed by atoms with Crippen molar-refractivity contribution in [2.75, 3.05) is 0 Å². The topological polar surface area (TPSA) is 78.0 Å². The van der Waals surface area contributed by atoms with Crippen molar-refractivity contribution in [1.82, 2.24) is 9.55 Å². The summed E-state index contributed by atoms with van der Waals surface area (Å²) >= 11 is 5.81. The minimum atomic E-state index is -0.626. The third-order valence-electron chi connectivity index (χ3n) is 4.22. The van der Waals surface area contributed by atoms with Crippen LogP contribution in [0.4, 0.5) is 4.39 Å². The molecule has 1 amide bonds. The largest absolute Gasteiger partial charge is 0.366 e. The minimum Gasteiger partial charge on any atom is -0.366 e. The molecule has 3 rings (SSSR count). The van der Waals surface area contributed by atoms with Crippen molar-refractivity contribution in [3.8, 4) is 11.4 Å². The average Bonchev–Trinajstić information content (AvgIpc) is 2.65. The van der Waals surface area contributed by atoms with Crippen molar-refractivity contribution < 1.29 is 9.18 Å². The molecule has 0 atom stereocenters. The van der Waals surface area contributed by atoms with Crippen LogP contribution in [0.1, 0.15) is 28.4 Å². The molecule has 0 radical (unpaired) electrons. The van der Waals surface area contributed by atoms with Gasteiger partial charge in [0.2, 0.25) is 0 Å².